The van der Waals surface area contributed by atoms with Crippen LogP contribution in [0.4, 0.5) is 0 Å². The number of hydrogen-bond donors (Lipinski definition) is 0. The van der Waals surface area contributed by atoms with E-state index in [-0.39, 0.29) is 29.4 Å². The summed E-state index contributed by atoms with van der Waals surface area (Å²) in [5, 5.41) is 0. The molecule has 0 aliphatic rings. The van der Waals surface area contributed by atoms with Gasteiger partial charge in [-0.2, -0.15) is 8.42 Å². The van der Waals surface area contributed by atoms with E-state index in [0.29, 0.717) is 0 Å². The van der Waals surface area contributed by atoms with Crippen molar-refractivity contribution in [3.8, 4) is 0 Å². The summed E-state index contributed by atoms with van der Waals surface area (Å²) >= 11 is 0. The van der Waals surface area contributed by atoms with E-state index in [1.54, 1.807) is 19.1 Å². The van der Waals surface area contributed by atoms with Gasteiger partial charge in [0.1, 0.15) is 9.84 Å². The van der Waals surface area contributed by atoms with Crippen molar-refractivity contribution in [3.05, 3.63) is 29.8 Å². The molecule has 0 amide bonds. The Bertz CT molecular complexity index is 688. The number of nitrogens with zero attached hydrogens (tertiary/aromatic N) is 1. The summed E-state index contributed by atoms with van der Waals surface area (Å²) in [7, 11) is -6.88. The lowest BCUT2D eigenvalue weighted by Gasteiger charge is -2.13. The van der Waals surface area contributed by atoms with Crippen molar-refractivity contribution in [3.63, 3.8) is 0 Å². The van der Waals surface area contributed by atoms with Gasteiger partial charge in [0.05, 0.1) is 17.3 Å². The first-order chi connectivity index (χ1) is 12.1. The average molecular weight is 408 g/mol. The summed E-state index contributed by atoms with van der Waals surface area (Å²) in [6.45, 7) is 13.4. The number of rotatable bonds is 10. The Morgan fingerprint density at radius 1 is 0.885 bits per heavy atom. The molecule has 0 atom stereocenters. The third-order valence-electron chi connectivity index (χ3n) is 3.93. The molecular formula is C18H33NO5S2. The zero-order chi connectivity index (χ0) is 20.2. The van der Waals surface area contributed by atoms with Crippen molar-refractivity contribution in [2.24, 2.45) is 0 Å². The van der Waals surface area contributed by atoms with E-state index in [0.717, 1.165) is 5.56 Å². The van der Waals surface area contributed by atoms with Gasteiger partial charge in [-0.1, -0.05) is 45.4 Å². The third kappa shape index (κ3) is 10.3. The molecular weight excluding hydrogens is 374 g/mol. The monoisotopic (exact) mass is 407 g/mol. The Hall–Kier alpha value is -0.960. The highest BCUT2D eigenvalue weighted by atomic mass is 32.2. The van der Waals surface area contributed by atoms with Crippen molar-refractivity contribution < 1.29 is 21.0 Å². The highest BCUT2D eigenvalue weighted by Gasteiger charge is 2.15. The van der Waals surface area contributed by atoms with Gasteiger partial charge in [0.2, 0.25) is 0 Å². The zero-order valence-electron chi connectivity index (χ0n) is 16.6. The molecule has 6 nitrogen and oxygen atoms in total. The van der Waals surface area contributed by atoms with Gasteiger partial charge < -0.3 is 4.90 Å². The Balaban J connectivity index is 0.000000758. The van der Waals surface area contributed by atoms with Crippen molar-refractivity contribution >= 4 is 20.0 Å². The first kappa shape index (κ1) is 25.0. The van der Waals surface area contributed by atoms with Gasteiger partial charge in [0.25, 0.3) is 10.1 Å². The van der Waals surface area contributed by atoms with E-state index in [1.165, 1.54) is 31.8 Å². The van der Waals surface area contributed by atoms with Crippen molar-refractivity contribution in [1.82, 2.24) is 4.90 Å². The van der Waals surface area contributed by atoms with Crippen molar-refractivity contribution in [2.45, 2.75) is 45.9 Å². The van der Waals surface area contributed by atoms with Crippen LogP contribution in [-0.4, -0.2) is 59.5 Å². The quantitative estimate of drug-likeness (QED) is 0.438. The third-order valence-corrected chi connectivity index (χ3v) is 7.05. The lowest BCUT2D eigenvalue weighted by molar-refractivity contribution is 0.318. The summed E-state index contributed by atoms with van der Waals surface area (Å²) < 4.78 is 50.8. The second-order valence-corrected chi connectivity index (χ2v) is 9.89. The van der Waals surface area contributed by atoms with Crippen LogP contribution >= 0.6 is 0 Å². The van der Waals surface area contributed by atoms with E-state index >= 15 is 0 Å². The molecule has 0 N–H and O–H groups in total. The van der Waals surface area contributed by atoms with Gasteiger partial charge in [-0.25, -0.2) is 8.42 Å². The van der Waals surface area contributed by atoms with E-state index in [4.69, 9.17) is 4.18 Å². The molecule has 0 heterocycles. The first-order valence-corrected chi connectivity index (χ1v) is 12.2. The van der Waals surface area contributed by atoms with Crippen molar-refractivity contribution in [2.75, 3.05) is 37.7 Å². The van der Waals surface area contributed by atoms with Gasteiger partial charge in [0, 0.05) is 5.75 Å². The molecule has 0 radical (unpaired) electrons. The largest absolute Gasteiger partial charge is 0.304 e. The Morgan fingerprint density at radius 3 is 1.77 bits per heavy atom. The predicted molar refractivity (Wildman–Crippen MR) is 107 cm³/mol. The van der Waals surface area contributed by atoms with E-state index in [1.807, 2.05) is 6.92 Å². The molecule has 8 heteroatoms. The fraction of sp³-hybridized carbons (Fsp3) is 0.667. The van der Waals surface area contributed by atoms with Crippen LogP contribution < -0.4 is 0 Å². The maximum Gasteiger partial charge on any atom is 0.296 e. The molecule has 1 aromatic rings. The summed E-state index contributed by atoms with van der Waals surface area (Å²) in [6.07, 6.45) is 0.168. The minimum Gasteiger partial charge on any atom is -0.304 e. The molecule has 1 aromatic carbocycles. The van der Waals surface area contributed by atoms with Crippen LogP contribution in [0.25, 0.3) is 0 Å². The summed E-state index contributed by atoms with van der Waals surface area (Å²) in [5.74, 6) is -0.00930. The Kier molecular flexibility index (Phi) is 12.0. The summed E-state index contributed by atoms with van der Waals surface area (Å²) in [6, 6.07) is 6.29. The van der Waals surface area contributed by atoms with Crippen molar-refractivity contribution in [1.29, 1.82) is 0 Å². The van der Waals surface area contributed by atoms with Crippen LogP contribution in [0.2, 0.25) is 0 Å². The minimum atomic E-state index is -3.80. The van der Waals surface area contributed by atoms with E-state index in [2.05, 4.69) is 25.7 Å². The molecule has 0 fully saturated rings. The highest BCUT2D eigenvalue weighted by molar-refractivity contribution is 7.91. The first-order valence-electron chi connectivity index (χ1n) is 9.00. The maximum atomic E-state index is 11.8. The molecule has 0 aromatic heterocycles. The molecule has 26 heavy (non-hydrogen) atoms. The fourth-order valence-corrected chi connectivity index (χ4v) is 3.82. The van der Waals surface area contributed by atoms with Gasteiger partial charge in [-0.05, 0) is 45.1 Å². The lowest BCUT2D eigenvalue weighted by atomic mass is 10.2. The summed E-state index contributed by atoms with van der Waals surface area (Å²) in [4.78, 5) is 2.46. The molecule has 0 unspecified atom stereocenters. The molecule has 0 aliphatic heterocycles. The second kappa shape index (κ2) is 12.4. The fourth-order valence-electron chi connectivity index (χ4n) is 2.04. The molecule has 0 aliphatic carbocycles. The smallest absolute Gasteiger partial charge is 0.296 e. The highest BCUT2D eigenvalue weighted by Crippen LogP contribution is 2.13. The second-order valence-electron chi connectivity index (χ2n) is 5.80. The number of sulfone groups is 1. The minimum absolute atomic E-state index is 0.0533. The molecule has 0 saturated carbocycles. The predicted octanol–water partition coefficient (Wildman–Crippen LogP) is 2.87. The summed E-state index contributed by atoms with van der Waals surface area (Å²) in [5.41, 5.74) is 0.952. The van der Waals surface area contributed by atoms with Gasteiger partial charge >= 0.3 is 0 Å². The average Bonchev–Trinajstić information content (AvgIpc) is 2.61. The topological polar surface area (TPSA) is 80.8 Å². The van der Waals surface area contributed by atoms with Crippen LogP contribution in [0.1, 0.15) is 39.7 Å². The number of hydrogen-bond acceptors (Lipinski definition) is 6. The normalized spacial score (nSPS) is 11.9. The number of aryl methyl sites for hydroxylation is 1. The maximum absolute atomic E-state index is 11.8. The standard InChI is InChI=1S/C12H18O5S2.C6H15N/c1-3-18(13,14)10-4-9-17-19(15,16)12-7-5-11(2)6-8-12;1-4-7(5-2)6-3/h5-8H,3-4,9-10H2,1-2H3;4-6H2,1-3H3. The van der Waals surface area contributed by atoms with E-state index < -0.39 is 20.0 Å². The Labute approximate surface area is 159 Å². The number of benzene rings is 1. The van der Waals surface area contributed by atoms with E-state index in [9.17, 15) is 16.8 Å². The van der Waals surface area contributed by atoms with Crippen LogP contribution in [0.5, 0.6) is 0 Å². The molecule has 152 valence electrons. The van der Waals surface area contributed by atoms with Gasteiger partial charge in [-0.15, -0.1) is 0 Å². The van der Waals surface area contributed by atoms with Crippen LogP contribution in [0, 0.1) is 6.92 Å². The molecule has 0 bridgehead atoms. The van der Waals surface area contributed by atoms with Crippen LogP contribution in [-0.2, 0) is 24.1 Å². The van der Waals surface area contributed by atoms with Crippen LogP contribution in [0.15, 0.2) is 29.2 Å². The SMILES string of the molecule is CCN(CC)CC.CCS(=O)(=O)CCCOS(=O)(=O)c1ccc(C)cc1. The molecule has 0 spiro atoms. The Morgan fingerprint density at radius 2 is 1.38 bits per heavy atom. The zero-order valence-corrected chi connectivity index (χ0v) is 18.2. The van der Waals surface area contributed by atoms with Gasteiger partial charge in [-0.3, -0.25) is 4.18 Å². The lowest BCUT2D eigenvalue weighted by Crippen LogP contribution is -2.21. The molecule has 1 rings (SSSR count). The van der Waals surface area contributed by atoms with Gasteiger partial charge in [0.15, 0.2) is 0 Å². The molecule has 0 saturated heterocycles. The van der Waals surface area contributed by atoms with Crippen LogP contribution in [0.3, 0.4) is 0 Å².